The molecule has 36 heavy (non-hydrogen) atoms. The van der Waals surface area contributed by atoms with Crippen LogP contribution in [0.5, 0.6) is 0 Å². The third-order valence-corrected chi connectivity index (χ3v) is 7.60. The molecule has 3 N–H and O–H groups in total. The predicted octanol–water partition coefficient (Wildman–Crippen LogP) is 3.36. The number of allylic oxidation sites excluding steroid dienone is 2. The number of nitrogens with one attached hydrogen (secondary N) is 2. The molecule has 4 rings (SSSR count). The summed E-state index contributed by atoms with van der Waals surface area (Å²) in [6, 6.07) is -0.406. The molecule has 3 fully saturated rings. The predicted molar refractivity (Wildman–Crippen MR) is 141 cm³/mol. The van der Waals surface area contributed by atoms with Crippen molar-refractivity contribution in [2.45, 2.75) is 95.9 Å². The van der Waals surface area contributed by atoms with Crippen LogP contribution in [-0.2, 0) is 14.3 Å². The van der Waals surface area contributed by atoms with Gasteiger partial charge >= 0.3 is 0 Å². The van der Waals surface area contributed by atoms with Crippen LogP contribution >= 0.6 is 0 Å². The molecule has 8 nitrogen and oxygen atoms in total. The van der Waals surface area contributed by atoms with Gasteiger partial charge in [0.05, 0.1) is 18.6 Å². The molecule has 2 unspecified atom stereocenters. The highest BCUT2D eigenvalue weighted by Crippen LogP contribution is 2.26. The Balaban J connectivity index is 1.43. The Labute approximate surface area is 216 Å². The second-order valence-electron chi connectivity index (χ2n) is 10.5. The number of hydrogen-bond acceptors (Lipinski definition) is 7. The highest BCUT2D eigenvalue weighted by Gasteiger charge is 2.33. The Morgan fingerprint density at radius 1 is 1.06 bits per heavy atom. The van der Waals surface area contributed by atoms with Gasteiger partial charge in [0.15, 0.2) is 0 Å². The van der Waals surface area contributed by atoms with Gasteiger partial charge in [0.2, 0.25) is 5.91 Å². The summed E-state index contributed by atoms with van der Waals surface area (Å²) < 4.78 is 11.6. The second kappa shape index (κ2) is 14.2. The number of likely N-dealkylation sites (tertiary alicyclic amines) is 1. The van der Waals surface area contributed by atoms with E-state index in [2.05, 4.69) is 27.6 Å². The second-order valence-corrected chi connectivity index (χ2v) is 10.5. The first-order valence-electron chi connectivity index (χ1n) is 14.2. The van der Waals surface area contributed by atoms with Crippen LogP contribution in [-0.4, -0.2) is 78.6 Å². The Kier molecular flexibility index (Phi) is 10.7. The number of unbranched alkanes of at least 4 members (excludes halogenated alkanes) is 4. The molecule has 2 bridgehead atoms. The molecular weight excluding hydrogens is 456 g/mol. The maximum Gasteiger partial charge on any atom is 0.220 e. The Morgan fingerprint density at radius 2 is 1.83 bits per heavy atom. The van der Waals surface area contributed by atoms with Crippen molar-refractivity contribution in [2.24, 2.45) is 0 Å². The zero-order valence-corrected chi connectivity index (χ0v) is 22.1. The van der Waals surface area contributed by atoms with Crippen molar-refractivity contribution < 1.29 is 19.4 Å². The standard InChI is InChI=1S/C28H46N4O4/c1-2-3-4-5-6-11-27(33)29-25(21-31-14-9-10-26(31)30-32-15-7-8-16-32)28(34)22-12-13-23-20-24(19-22)36-18-17-35-23/h12-13,19,25-26,28,30,34H,2-11,14-18,20-21H2,1H3,(H,29,33)/t25?,26?,28-/m1/s1. The van der Waals surface area contributed by atoms with E-state index in [1.165, 1.54) is 32.1 Å². The fourth-order valence-electron chi connectivity index (χ4n) is 5.55. The molecule has 0 radical (unpaired) electrons. The van der Waals surface area contributed by atoms with E-state index in [-0.39, 0.29) is 12.1 Å². The van der Waals surface area contributed by atoms with Gasteiger partial charge in [-0.3, -0.25) is 9.69 Å². The SMILES string of the molecule is CCCCCCCC(=O)NC(CN1CCCC1NN1CCCC1)[C@H](O)C1=CC=C2CC(=C1)OCCO2. The number of carbonyl (C=O) groups is 1. The van der Waals surface area contributed by atoms with Crippen LogP contribution in [0.1, 0.15) is 77.6 Å². The number of ether oxygens (including phenoxy) is 2. The zero-order chi connectivity index (χ0) is 25.2. The summed E-state index contributed by atoms with van der Waals surface area (Å²) in [5.74, 6) is 1.68. The molecule has 0 spiro atoms. The number of hydrazine groups is 1. The van der Waals surface area contributed by atoms with Gasteiger partial charge in [-0.1, -0.05) is 38.7 Å². The molecule has 0 saturated carbocycles. The minimum Gasteiger partial charge on any atom is -0.494 e. The van der Waals surface area contributed by atoms with Gasteiger partial charge < -0.3 is 19.9 Å². The lowest BCUT2D eigenvalue weighted by molar-refractivity contribution is -0.122. The van der Waals surface area contributed by atoms with E-state index < -0.39 is 12.1 Å². The van der Waals surface area contributed by atoms with Crippen molar-refractivity contribution in [1.29, 1.82) is 0 Å². The molecule has 0 aromatic carbocycles. The number of nitrogens with zero attached hydrogens (tertiary/aromatic N) is 2. The first kappa shape index (κ1) is 27.2. The fourth-order valence-corrected chi connectivity index (χ4v) is 5.55. The number of hydrogen-bond donors (Lipinski definition) is 3. The lowest BCUT2D eigenvalue weighted by Crippen LogP contribution is -2.56. The molecule has 1 aliphatic carbocycles. The molecule has 3 atom stereocenters. The Morgan fingerprint density at radius 3 is 2.64 bits per heavy atom. The van der Waals surface area contributed by atoms with Crippen LogP contribution < -0.4 is 10.7 Å². The van der Waals surface area contributed by atoms with Crippen molar-refractivity contribution in [2.75, 3.05) is 39.4 Å². The summed E-state index contributed by atoms with van der Waals surface area (Å²) in [7, 11) is 0. The summed E-state index contributed by atoms with van der Waals surface area (Å²) in [6.07, 6.45) is 16.5. The maximum absolute atomic E-state index is 12.9. The van der Waals surface area contributed by atoms with Gasteiger partial charge in [0.25, 0.3) is 0 Å². The Bertz CT molecular complexity index is 805. The van der Waals surface area contributed by atoms with Crippen molar-refractivity contribution >= 4 is 5.91 Å². The number of rotatable bonds is 13. The van der Waals surface area contributed by atoms with Gasteiger partial charge in [0.1, 0.15) is 30.8 Å². The van der Waals surface area contributed by atoms with Gasteiger partial charge in [0, 0.05) is 26.1 Å². The monoisotopic (exact) mass is 502 g/mol. The minimum absolute atomic E-state index is 0.0224. The van der Waals surface area contributed by atoms with Gasteiger partial charge in [-0.15, -0.1) is 0 Å². The third kappa shape index (κ3) is 8.07. The quantitative estimate of drug-likeness (QED) is 0.333. The average Bonchev–Trinajstić information content (AvgIpc) is 3.44. The third-order valence-electron chi connectivity index (χ3n) is 7.60. The van der Waals surface area contributed by atoms with Crippen LogP contribution in [0.4, 0.5) is 0 Å². The minimum atomic E-state index is -0.837. The van der Waals surface area contributed by atoms with Crippen LogP contribution in [0.25, 0.3) is 0 Å². The summed E-state index contributed by atoms with van der Waals surface area (Å²) in [5.41, 5.74) is 4.45. The molecular formula is C28H46N4O4. The lowest BCUT2D eigenvalue weighted by atomic mass is 10.00. The van der Waals surface area contributed by atoms with E-state index in [4.69, 9.17) is 9.47 Å². The van der Waals surface area contributed by atoms with Crippen molar-refractivity contribution in [1.82, 2.24) is 20.7 Å². The van der Waals surface area contributed by atoms with Gasteiger partial charge in [-0.05, 0) is 56.4 Å². The molecule has 3 heterocycles. The van der Waals surface area contributed by atoms with Crippen molar-refractivity contribution in [3.8, 4) is 0 Å². The van der Waals surface area contributed by atoms with E-state index in [1.54, 1.807) is 0 Å². The molecule has 4 aliphatic rings. The zero-order valence-electron chi connectivity index (χ0n) is 22.1. The number of amides is 1. The van der Waals surface area contributed by atoms with Gasteiger partial charge in [-0.25, -0.2) is 10.4 Å². The summed E-state index contributed by atoms with van der Waals surface area (Å²) >= 11 is 0. The van der Waals surface area contributed by atoms with Crippen LogP contribution in [0.2, 0.25) is 0 Å². The maximum atomic E-state index is 12.9. The molecule has 0 aromatic heterocycles. The highest BCUT2D eigenvalue weighted by molar-refractivity contribution is 5.76. The topological polar surface area (TPSA) is 86.3 Å². The summed E-state index contributed by atoms with van der Waals surface area (Å²) in [4.78, 5) is 15.3. The molecule has 202 valence electrons. The van der Waals surface area contributed by atoms with Crippen LogP contribution in [0, 0.1) is 0 Å². The van der Waals surface area contributed by atoms with E-state index in [0.717, 1.165) is 62.4 Å². The van der Waals surface area contributed by atoms with E-state index in [1.807, 2.05) is 18.2 Å². The number of aliphatic hydroxyl groups excluding tert-OH is 1. The van der Waals surface area contributed by atoms with E-state index in [0.29, 0.717) is 32.6 Å². The average molecular weight is 503 g/mol. The van der Waals surface area contributed by atoms with E-state index in [9.17, 15) is 9.90 Å². The Hall–Kier alpha value is -1.87. The fraction of sp³-hybridized carbons (Fsp3) is 0.750. The van der Waals surface area contributed by atoms with Crippen LogP contribution in [0.3, 0.4) is 0 Å². The largest absolute Gasteiger partial charge is 0.494 e. The van der Waals surface area contributed by atoms with Crippen molar-refractivity contribution in [3.63, 3.8) is 0 Å². The molecule has 3 saturated heterocycles. The molecule has 0 aromatic rings. The summed E-state index contributed by atoms with van der Waals surface area (Å²) in [6.45, 7) is 6.97. The number of aliphatic hydroxyl groups is 1. The molecule has 1 amide bonds. The lowest BCUT2D eigenvalue weighted by Gasteiger charge is -2.34. The number of fused-ring (bicyclic) bond motifs is 2. The first-order valence-corrected chi connectivity index (χ1v) is 14.2. The number of carbonyl (C=O) groups excluding carboxylic acids is 1. The normalized spacial score (nSPS) is 24.5. The van der Waals surface area contributed by atoms with Crippen molar-refractivity contribution in [3.05, 3.63) is 35.3 Å². The first-order chi connectivity index (χ1) is 17.6. The summed E-state index contributed by atoms with van der Waals surface area (Å²) in [5, 5.41) is 17.1. The molecule has 3 aliphatic heterocycles. The smallest absolute Gasteiger partial charge is 0.220 e. The van der Waals surface area contributed by atoms with Crippen LogP contribution in [0.15, 0.2) is 35.3 Å². The molecule has 8 heteroatoms. The highest BCUT2D eigenvalue weighted by atomic mass is 16.5. The van der Waals surface area contributed by atoms with Gasteiger partial charge in [-0.2, -0.15) is 0 Å². The van der Waals surface area contributed by atoms with E-state index >= 15 is 0 Å².